The number of amides is 1. The van der Waals surface area contributed by atoms with Crippen LogP contribution < -0.4 is 5.32 Å². The highest BCUT2D eigenvalue weighted by Crippen LogP contribution is 2.26. The van der Waals surface area contributed by atoms with Crippen molar-refractivity contribution in [1.29, 1.82) is 0 Å². The number of rotatable bonds is 6. The average molecular weight is 358 g/mol. The van der Waals surface area contributed by atoms with Crippen LogP contribution in [0.5, 0.6) is 0 Å². The molecule has 1 atom stereocenters. The zero-order valence-electron chi connectivity index (χ0n) is 15.4. The van der Waals surface area contributed by atoms with Crippen LogP contribution in [0.15, 0.2) is 28.8 Å². The molecule has 1 saturated heterocycles. The van der Waals surface area contributed by atoms with Gasteiger partial charge in [0.1, 0.15) is 0 Å². The smallest absolute Gasteiger partial charge is 0.241 e. The van der Waals surface area contributed by atoms with Crippen molar-refractivity contribution in [3.63, 3.8) is 0 Å². The summed E-state index contributed by atoms with van der Waals surface area (Å²) in [6, 6.07) is 8.12. The van der Waals surface area contributed by atoms with Gasteiger partial charge in [-0.05, 0) is 31.4 Å². The molecule has 1 unspecified atom stereocenters. The van der Waals surface area contributed by atoms with Crippen LogP contribution in [-0.2, 0) is 17.8 Å². The van der Waals surface area contributed by atoms with E-state index in [2.05, 4.69) is 39.4 Å². The first-order valence-electron chi connectivity index (χ1n) is 9.08. The van der Waals surface area contributed by atoms with E-state index in [4.69, 9.17) is 4.52 Å². The van der Waals surface area contributed by atoms with E-state index >= 15 is 0 Å². The fourth-order valence-corrected chi connectivity index (χ4v) is 3.39. The van der Waals surface area contributed by atoms with Crippen LogP contribution >= 0.6 is 0 Å². The van der Waals surface area contributed by atoms with Gasteiger partial charge in [-0.15, -0.1) is 0 Å². The van der Waals surface area contributed by atoms with Gasteiger partial charge in [-0.25, -0.2) is 0 Å². The van der Waals surface area contributed by atoms with Gasteiger partial charge in [0.15, 0.2) is 0 Å². The largest absolute Gasteiger partial charge is 0.388 e. The molecule has 1 aliphatic heterocycles. The maximum atomic E-state index is 11.6. The minimum Gasteiger partial charge on any atom is -0.388 e. The van der Waals surface area contributed by atoms with Crippen molar-refractivity contribution in [1.82, 2.24) is 20.4 Å². The summed E-state index contributed by atoms with van der Waals surface area (Å²) in [7, 11) is 1.58. The summed E-state index contributed by atoms with van der Waals surface area (Å²) in [5.74, 6) is 0.939. The maximum absolute atomic E-state index is 11.6. The molecule has 2 aromatic rings. The topological polar surface area (TPSA) is 91.5 Å². The van der Waals surface area contributed by atoms with Crippen molar-refractivity contribution >= 4 is 5.91 Å². The number of nitrogens with one attached hydrogen (secondary N) is 1. The maximum Gasteiger partial charge on any atom is 0.241 e. The molecule has 1 aliphatic rings. The molecule has 1 aromatic carbocycles. The van der Waals surface area contributed by atoms with Crippen LogP contribution in [0.1, 0.15) is 37.6 Å². The molecular formula is C19H26N4O3. The van der Waals surface area contributed by atoms with E-state index in [1.54, 1.807) is 7.05 Å². The van der Waals surface area contributed by atoms with Crippen molar-refractivity contribution in [3.05, 3.63) is 35.7 Å². The van der Waals surface area contributed by atoms with Crippen LogP contribution in [0, 0.1) is 0 Å². The monoisotopic (exact) mass is 358 g/mol. The van der Waals surface area contributed by atoms with Gasteiger partial charge in [-0.2, -0.15) is 4.98 Å². The number of hydrogen-bond acceptors (Lipinski definition) is 6. The van der Waals surface area contributed by atoms with E-state index in [9.17, 15) is 9.90 Å². The van der Waals surface area contributed by atoms with Crippen LogP contribution in [0.3, 0.4) is 0 Å². The van der Waals surface area contributed by atoms with Crippen molar-refractivity contribution in [2.24, 2.45) is 0 Å². The minimum absolute atomic E-state index is 0.110. The molecule has 1 aromatic heterocycles. The number of aliphatic hydroxyl groups is 1. The van der Waals surface area contributed by atoms with Crippen molar-refractivity contribution in [2.75, 3.05) is 20.1 Å². The number of aromatic nitrogens is 2. The first kappa shape index (κ1) is 18.5. The third-order valence-corrected chi connectivity index (χ3v) is 4.85. The summed E-state index contributed by atoms with van der Waals surface area (Å²) in [6.07, 6.45) is 2.55. The molecule has 2 heterocycles. The number of β-amino-alcohol motifs (C(OH)–C–C–N with tert-alkyl or cyclic N) is 1. The van der Waals surface area contributed by atoms with Crippen LogP contribution in [0.25, 0.3) is 11.4 Å². The molecule has 0 aliphatic carbocycles. The highest BCUT2D eigenvalue weighted by molar-refractivity contribution is 5.76. The molecule has 1 fully saturated rings. The van der Waals surface area contributed by atoms with Crippen LogP contribution in [-0.4, -0.2) is 51.8 Å². The fourth-order valence-electron chi connectivity index (χ4n) is 3.39. The number of likely N-dealkylation sites (tertiary alicyclic amines) is 1. The first-order chi connectivity index (χ1) is 12.5. The number of piperidine rings is 1. The zero-order valence-corrected chi connectivity index (χ0v) is 15.4. The SMILES string of the molecule is CCc1ccc(-c2noc(CN3CCCC(O)(CC(=O)NC)C3)n2)cc1. The Balaban J connectivity index is 1.63. The summed E-state index contributed by atoms with van der Waals surface area (Å²) < 4.78 is 5.39. The number of aryl methyl sites for hydroxylation is 1. The van der Waals surface area contributed by atoms with Crippen LogP contribution in [0.4, 0.5) is 0 Å². The van der Waals surface area contributed by atoms with E-state index in [-0.39, 0.29) is 12.3 Å². The molecule has 7 nitrogen and oxygen atoms in total. The van der Waals surface area contributed by atoms with Gasteiger partial charge in [0.25, 0.3) is 0 Å². The second-order valence-electron chi connectivity index (χ2n) is 6.95. The minimum atomic E-state index is -1.00. The fraction of sp³-hybridized carbons (Fsp3) is 0.526. The molecule has 1 amide bonds. The molecule has 26 heavy (non-hydrogen) atoms. The van der Waals surface area contributed by atoms with E-state index in [1.165, 1.54) is 5.56 Å². The molecule has 140 valence electrons. The number of carbonyl (C=O) groups is 1. The van der Waals surface area contributed by atoms with Gasteiger partial charge < -0.3 is 14.9 Å². The van der Waals surface area contributed by atoms with Crippen LogP contribution in [0.2, 0.25) is 0 Å². The van der Waals surface area contributed by atoms with E-state index in [1.807, 2.05) is 12.1 Å². The lowest BCUT2D eigenvalue weighted by atomic mass is 9.89. The van der Waals surface area contributed by atoms with Crippen molar-refractivity contribution in [2.45, 2.75) is 44.8 Å². The Morgan fingerprint density at radius 2 is 2.15 bits per heavy atom. The third kappa shape index (κ3) is 4.47. The molecule has 7 heteroatoms. The van der Waals surface area contributed by atoms with E-state index in [0.717, 1.165) is 24.9 Å². The van der Waals surface area contributed by atoms with Gasteiger partial charge >= 0.3 is 0 Å². The first-order valence-corrected chi connectivity index (χ1v) is 9.08. The van der Waals surface area contributed by atoms with E-state index < -0.39 is 5.60 Å². The van der Waals surface area contributed by atoms with Crippen molar-refractivity contribution in [3.8, 4) is 11.4 Å². The number of hydrogen-bond donors (Lipinski definition) is 2. The van der Waals surface area contributed by atoms with Gasteiger partial charge in [0.05, 0.1) is 18.6 Å². The highest BCUT2D eigenvalue weighted by atomic mass is 16.5. The average Bonchev–Trinajstić information content (AvgIpc) is 3.09. The Kier molecular flexibility index (Phi) is 5.68. The highest BCUT2D eigenvalue weighted by Gasteiger charge is 2.35. The lowest BCUT2D eigenvalue weighted by molar-refractivity contribution is -0.128. The molecule has 2 N–H and O–H groups in total. The Bertz CT molecular complexity index is 743. The second-order valence-corrected chi connectivity index (χ2v) is 6.95. The zero-order chi connectivity index (χ0) is 18.6. The lowest BCUT2D eigenvalue weighted by Crippen LogP contribution is -2.49. The summed E-state index contributed by atoms with van der Waals surface area (Å²) in [4.78, 5) is 18.2. The summed E-state index contributed by atoms with van der Waals surface area (Å²) in [6.45, 7) is 3.84. The Morgan fingerprint density at radius 3 is 2.85 bits per heavy atom. The van der Waals surface area contributed by atoms with E-state index in [0.29, 0.717) is 31.2 Å². The molecule has 0 bridgehead atoms. The van der Waals surface area contributed by atoms with Gasteiger partial charge in [-0.3, -0.25) is 9.69 Å². The van der Waals surface area contributed by atoms with Gasteiger partial charge in [0, 0.05) is 19.2 Å². The molecule has 0 radical (unpaired) electrons. The molecule has 0 saturated carbocycles. The normalized spacial score (nSPS) is 20.9. The number of nitrogens with zero attached hydrogens (tertiary/aromatic N) is 3. The summed E-state index contributed by atoms with van der Waals surface area (Å²) >= 11 is 0. The molecular weight excluding hydrogens is 332 g/mol. The quantitative estimate of drug-likeness (QED) is 0.818. The lowest BCUT2D eigenvalue weighted by Gasteiger charge is -2.38. The predicted molar refractivity (Wildman–Crippen MR) is 97.3 cm³/mol. The Hall–Kier alpha value is -2.25. The molecule has 3 rings (SSSR count). The summed E-state index contributed by atoms with van der Waals surface area (Å²) in [5, 5.41) is 17.3. The standard InChI is InChI=1S/C19H26N4O3/c1-3-14-5-7-15(8-6-14)18-21-17(26-22-18)12-23-10-4-9-19(25,13-23)11-16(24)20-2/h5-8,25H,3-4,9-13H2,1-2H3,(H,20,24). The second kappa shape index (κ2) is 7.97. The molecule has 0 spiro atoms. The van der Waals surface area contributed by atoms with Gasteiger partial charge in [-0.1, -0.05) is 36.3 Å². The Morgan fingerprint density at radius 1 is 1.38 bits per heavy atom. The van der Waals surface area contributed by atoms with Gasteiger partial charge in [0.2, 0.25) is 17.6 Å². The van der Waals surface area contributed by atoms with Crippen molar-refractivity contribution < 1.29 is 14.4 Å². The Labute approximate surface area is 153 Å². The number of benzene rings is 1. The third-order valence-electron chi connectivity index (χ3n) is 4.85. The predicted octanol–water partition coefficient (Wildman–Crippen LogP) is 1.76. The number of carbonyl (C=O) groups excluding carboxylic acids is 1. The summed E-state index contributed by atoms with van der Waals surface area (Å²) in [5.41, 5.74) is 1.19.